The van der Waals surface area contributed by atoms with Crippen LogP contribution in [-0.4, -0.2) is 54.6 Å². The summed E-state index contributed by atoms with van der Waals surface area (Å²) in [5, 5.41) is 3.22. The van der Waals surface area contributed by atoms with Gasteiger partial charge in [0.2, 0.25) is 17.7 Å². The highest BCUT2D eigenvalue weighted by molar-refractivity contribution is 7.98. The Morgan fingerprint density at radius 2 is 1.71 bits per heavy atom. The molecule has 1 aromatic carbocycles. The number of thioether (sulfide) groups is 1. The van der Waals surface area contributed by atoms with E-state index in [1.165, 1.54) is 19.3 Å². The minimum atomic E-state index is -0.326. The molecule has 2 heterocycles. The van der Waals surface area contributed by atoms with Crippen LogP contribution in [0.1, 0.15) is 51.4 Å². The van der Waals surface area contributed by atoms with Gasteiger partial charge in [0.1, 0.15) is 0 Å². The number of hydrogen-bond donors (Lipinski definition) is 1. The van der Waals surface area contributed by atoms with Crippen molar-refractivity contribution in [1.82, 2.24) is 10.2 Å². The Morgan fingerprint density at radius 3 is 2.42 bits per heavy atom. The zero-order valence-corrected chi connectivity index (χ0v) is 19.2. The molecule has 1 N–H and O–H groups in total. The summed E-state index contributed by atoms with van der Waals surface area (Å²) in [4.78, 5) is 43.3. The van der Waals surface area contributed by atoms with Crippen LogP contribution in [-0.2, 0) is 14.4 Å². The van der Waals surface area contributed by atoms with Gasteiger partial charge in [-0.1, -0.05) is 19.3 Å². The molecule has 3 fully saturated rings. The predicted octanol–water partition coefficient (Wildman–Crippen LogP) is 3.45. The minimum Gasteiger partial charge on any atom is -0.353 e. The second-order valence-corrected chi connectivity index (χ2v) is 9.95. The average molecular weight is 444 g/mol. The molecule has 1 aliphatic carbocycles. The molecule has 0 bridgehead atoms. The normalized spacial score (nSPS) is 25.0. The maximum absolute atomic E-state index is 13.2. The molecule has 0 spiro atoms. The van der Waals surface area contributed by atoms with Gasteiger partial charge in [-0.05, 0) is 56.2 Å². The van der Waals surface area contributed by atoms with Crippen LogP contribution >= 0.6 is 11.8 Å². The van der Waals surface area contributed by atoms with Crippen molar-refractivity contribution in [3.05, 3.63) is 24.3 Å². The lowest BCUT2D eigenvalue weighted by Crippen LogP contribution is -2.49. The Hall–Kier alpha value is -2.02. The maximum Gasteiger partial charge on any atom is 0.228 e. The van der Waals surface area contributed by atoms with E-state index in [4.69, 9.17) is 0 Å². The van der Waals surface area contributed by atoms with Crippen molar-refractivity contribution in [1.29, 1.82) is 0 Å². The van der Waals surface area contributed by atoms with Crippen molar-refractivity contribution in [2.24, 2.45) is 11.8 Å². The van der Waals surface area contributed by atoms with Gasteiger partial charge in [0.25, 0.3) is 0 Å². The molecule has 2 unspecified atom stereocenters. The predicted molar refractivity (Wildman–Crippen MR) is 123 cm³/mol. The summed E-state index contributed by atoms with van der Waals surface area (Å²) < 4.78 is 0. The quantitative estimate of drug-likeness (QED) is 0.708. The third-order valence-corrected chi connectivity index (χ3v) is 7.66. The summed E-state index contributed by atoms with van der Waals surface area (Å²) in [6.45, 7) is 1.58. The molecule has 31 heavy (non-hydrogen) atoms. The van der Waals surface area contributed by atoms with E-state index in [1.807, 2.05) is 35.4 Å². The number of nitrogens with zero attached hydrogens (tertiary/aromatic N) is 2. The number of nitrogens with one attached hydrogen (secondary N) is 1. The van der Waals surface area contributed by atoms with E-state index < -0.39 is 0 Å². The van der Waals surface area contributed by atoms with E-state index in [0.717, 1.165) is 36.3 Å². The van der Waals surface area contributed by atoms with Crippen molar-refractivity contribution in [2.75, 3.05) is 30.8 Å². The van der Waals surface area contributed by atoms with E-state index >= 15 is 0 Å². The maximum atomic E-state index is 13.2. The van der Waals surface area contributed by atoms with Gasteiger partial charge in [-0.2, -0.15) is 0 Å². The van der Waals surface area contributed by atoms with Gasteiger partial charge in [-0.25, -0.2) is 0 Å². The molecule has 168 valence electrons. The van der Waals surface area contributed by atoms with Crippen LogP contribution in [0.2, 0.25) is 0 Å². The number of hydrogen-bond acceptors (Lipinski definition) is 4. The summed E-state index contributed by atoms with van der Waals surface area (Å²) in [5.41, 5.74) is 0.849. The third-order valence-electron chi connectivity index (χ3n) is 6.91. The van der Waals surface area contributed by atoms with Crippen LogP contribution in [0.3, 0.4) is 0 Å². The van der Waals surface area contributed by atoms with Gasteiger partial charge < -0.3 is 15.1 Å². The molecular formula is C24H33N3O3S. The van der Waals surface area contributed by atoms with E-state index in [1.54, 1.807) is 16.7 Å². The van der Waals surface area contributed by atoms with Gasteiger partial charge >= 0.3 is 0 Å². The third kappa shape index (κ3) is 5.25. The lowest BCUT2D eigenvalue weighted by molar-refractivity contribution is -0.139. The number of amides is 3. The van der Waals surface area contributed by atoms with Gasteiger partial charge in [-0.15, -0.1) is 11.8 Å². The van der Waals surface area contributed by atoms with Crippen LogP contribution in [0.5, 0.6) is 0 Å². The molecule has 4 rings (SSSR count). The Bertz CT molecular complexity index is 807. The first kappa shape index (κ1) is 22.2. The second-order valence-electron chi connectivity index (χ2n) is 9.07. The molecule has 2 saturated heterocycles. The largest absolute Gasteiger partial charge is 0.353 e. The lowest BCUT2D eigenvalue weighted by atomic mass is 9.92. The van der Waals surface area contributed by atoms with Crippen LogP contribution in [0.25, 0.3) is 0 Å². The molecule has 3 aliphatic rings. The average Bonchev–Trinajstić information content (AvgIpc) is 3.21. The van der Waals surface area contributed by atoms with Crippen LogP contribution in [0.4, 0.5) is 5.69 Å². The second kappa shape index (κ2) is 10.1. The summed E-state index contributed by atoms with van der Waals surface area (Å²) in [5.74, 6) is -0.340. The Morgan fingerprint density at radius 1 is 0.968 bits per heavy atom. The first-order chi connectivity index (χ1) is 15.0. The number of likely N-dealkylation sites (tertiary alicyclic amines) is 1. The summed E-state index contributed by atoms with van der Waals surface area (Å²) in [7, 11) is 0. The van der Waals surface area contributed by atoms with Crippen LogP contribution < -0.4 is 10.2 Å². The molecule has 0 aromatic heterocycles. The Balaban J connectivity index is 1.34. The molecule has 2 atom stereocenters. The van der Waals surface area contributed by atoms with Gasteiger partial charge in [-0.3, -0.25) is 14.4 Å². The van der Waals surface area contributed by atoms with Crippen molar-refractivity contribution in [3.8, 4) is 0 Å². The van der Waals surface area contributed by atoms with Gasteiger partial charge in [0.15, 0.2) is 0 Å². The molecule has 0 radical (unpaired) electrons. The topological polar surface area (TPSA) is 69.7 Å². The molecule has 1 saturated carbocycles. The number of rotatable bonds is 5. The first-order valence-electron chi connectivity index (χ1n) is 11.6. The highest BCUT2D eigenvalue weighted by atomic mass is 32.2. The molecular weight excluding hydrogens is 410 g/mol. The standard InChI is InChI=1S/C24H33N3O3S/c1-31-21-11-9-20(10-12-21)27-16-18(14-22(27)28)24(30)26-13-5-6-17(15-26)23(29)25-19-7-3-2-4-8-19/h9-12,17-19H,2-8,13-16H2,1H3,(H,25,29). The monoisotopic (exact) mass is 443 g/mol. The van der Waals surface area contributed by atoms with Crippen molar-refractivity contribution < 1.29 is 14.4 Å². The minimum absolute atomic E-state index is 0.00106. The lowest BCUT2D eigenvalue weighted by Gasteiger charge is -2.34. The molecule has 2 aliphatic heterocycles. The van der Waals surface area contributed by atoms with E-state index in [2.05, 4.69) is 5.32 Å². The molecule has 3 amide bonds. The zero-order chi connectivity index (χ0) is 21.8. The molecule has 7 heteroatoms. The number of piperidine rings is 1. The van der Waals surface area contributed by atoms with Crippen molar-refractivity contribution in [2.45, 2.75) is 62.3 Å². The highest BCUT2D eigenvalue weighted by Gasteiger charge is 2.39. The van der Waals surface area contributed by atoms with Crippen LogP contribution in [0, 0.1) is 11.8 Å². The fourth-order valence-corrected chi connectivity index (χ4v) is 5.51. The van der Waals surface area contributed by atoms with Gasteiger partial charge in [0, 0.05) is 42.7 Å². The summed E-state index contributed by atoms with van der Waals surface area (Å²) >= 11 is 1.66. The van der Waals surface area contributed by atoms with Crippen molar-refractivity contribution in [3.63, 3.8) is 0 Å². The zero-order valence-electron chi connectivity index (χ0n) is 18.3. The van der Waals surface area contributed by atoms with E-state index in [-0.39, 0.29) is 36.0 Å². The molecule has 6 nitrogen and oxygen atoms in total. The number of benzene rings is 1. The number of carbonyl (C=O) groups is 3. The Labute approximate surface area is 189 Å². The van der Waals surface area contributed by atoms with Gasteiger partial charge in [0.05, 0.1) is 11.8 Å². The van der Waals surface area contributed by atoms with E-state index in [9.17, 15) is 14.4 Å². The summed E-state index contributed by atoms with van der Waals surface area (Å²) in [6, 6.07) is 8.20. The molecule has 1 aromatic rings. The number of carbonyl (C=O) groups excluding carboxylic acids is 3. The number of anilines is 1. The summed E-state index contributed by atoms with van der Waals surface area (Å²) in [6.07, 6.45) is 9.72. The van der Waals surface area contributed by atoms with Crippen molar-refractivity contribution >= 4 is 35.2 Å². The Kier molecular flexibility index (Phi) is 7.20. The fraction of sp³-hybridized carbons (Fsp3) is 0.625. The van der Waals surface area contributed by atoms with E-state index in [0.29, 0.717) is 25.7 Å². The first-order valence-corrected chi connectivity index (χ1v) is 12.8. The highest BCUT2D eigenvalue weighted by Crippen LogP contribution is 2.29. The fourth-order valence-electron chi connectivity index (χ4n) is 5.10. The SMILES string of the molecule is CSc1ccc(N2CC(C(=O)N3CCCC(C(=O)NC4CCCCC4)C3)CC2=O)cc1. The smallest absolute Gasteiger partial charge is 0.228 e. The van der Waals surface area contributed by atoms with Crippen LogP contribution in [0.15, 0.2) is 29.2 Å².